The average molecular weight is 348 g/mol. The maximum Gasteiger partial charge on any atom is 0.123 e. The van der Waals surface area contributed by atoms with E-state index in [1.807, 2.05) is 31.2 Å². The Bertz CT molecular complexity index is 675. The number of benzene rings is 1. The summed E-state index contributed by atoms with van der Waals surface area (Å²) < 4.78 is 10.5. The van der Waals surface area contributed by atoms with Crippen LogP contribution in [0.1, 0.15) is 23.5 Å². The van der Waals surface area contributed by atoms with Crippen molar-refractivity contribution in [3.05, 3.63) is 34.8 Å². The molecule has 1 aliphatic heterocycles. The maximum absolute atomic E-state index is 9.53. The van der Waals surface area contributed by atoms with Gasteiger partial charge in [-0.25, -0.2) is 4.98 Å². The Labute approximate surface area is 146 Å². The lowest BCUT2D eigenvalue weighted by atomic mass is 9.87. The van der Waals surface area contributed by atoms with E-state index in [0.717, 1.165) is 28.6 Å². The number of ether oxygens (including phenoxy) is 2. The standard InChI is InChI=1S/C18H24N2O3S/c1-12(19-8-18(9-21)10-23-11-18)16-13(2)20-17(24-16)14-4-6-15(22-3)7-5-14/h4-7,12,19,21H,8-11H2,1-3H3. The first kappa shape index (κ1) is 17.4. The summed E-state index contributed by atoms with van der Waals surface area (Å²) in [6.07, 6.45) is 0. The van der Waals surface area contributed by atoms with Gasteiger partial charge < -0.3 is 19.9 Å². The molecule has 0 bridgehead atoms. The molecule has 1 aromatic carbocycles. The van der Waals surface area contributed by atoms with E-state index in [4.69, 9.17) is 14.5 Å². The number of aryl methyl sites for hydroxylation is 1. The molecule has 0 amide bonds. The lowest BCUT2D eigenvalue weighted by Crippen LogP contribution is -2.52. The molecule has 1 unspecified atom stereocenters. The Kier molecular flexibility index (Phi) is 5.20. The van der Waals surface area contributed by atoms with Gasteiger partial charge in [-0.1, -0.05) is 0 Å². The van der Waals surface area contributed by atoms with Gasteiger partial charge >= 0.3 is 0 Å². The van der Waals surface area contributed by atoms with E-state index >= 15 is 0 Å². The summed E-state index contributed by atoms with van der Waals surface area (Å²) in [6, 6.07) is 8.17. The number of aliphatic hydroxyl groups is 1. The van der Waals surface area contributed by atoms with Gasteiger partial charge in [0.05, 0.1) is 38.0 Å². The van der Waals surface area contributed by atoms with Gasteiger partial charge in [0, 0.05) is 23.0 Å². The summed E-state index contributed by atoms with van der Waals surface area (Å²) in [5, 5.41) is 14.1. The smallest absolute Gasteiger partial charge is 0.123 e. The molecule has 0 aliphatic carbocycles. The van der Waals surface area contributed by atoms with Crippen LogP contribution in [0.25, 0.3) is 10.6 Å². The van der Waals surface area contributed by atoms with E-state index in [1.54, 1.807) is 18.4 Å². The molecule has 0 saturated carbocycles. The van der Waals surface area contributed by atoms with Crippen LogP contribution >= 0.6 is 11.3 Å². The predicted octanol–water partition coefficient (Wildman–Crippen LogP) is 2.79. The van der Waals surface area contributed by atoms with Crippen molar-refractivity contribution in [3.63, 3.8) is 0 Å². The van der Waals surface area contributed by atoms with E-state index in [2.05, 4.69) is 12.2 Å². The second-order valence-corrected chi connectivity index (χ2v) is 7.48. The zero-order valence-electron chi connectivity index (χ0n) is 14.3. The van der Waals surface area contributed by atoms with Crippen LogP contribution in [0.3, 0.4) is 0 Å². The normalized spacial score (nSPS) is 17.3. The van der Waals surface area contributed by atoms with Gasteiger partial charge in [-0.3, -0.25) is 0 Å². The number of rotatable bonds is 7. The Morgan fingerprint density at radius 1 is 1.38 bits per heavy atom. The summed E-state index contributed by atoms with van der Waals surface area (Å²) in [6.45, 7) is 6.35. The number of aliphatic hydroxyl groups excluding tert-OH is 1. The molecular formula is C18H24N2O3S. The summed E-state index contributed by atoms with van der Waals surface area (Å²) in [5.41, 5.74) is 2.03. The summed E-state index contributed by atoms with van der Waals surface area (Å²) in [5.74, 6) is 0.847. The third kappa shape index (κ3) is 3.47. The monoisotopic (exact) mass is 348 g/mol. The first-order valence-corrected chi connectivity index (χ1v) is 8.92. The molecule has 0 radical (unpaired) electrons. The highest BCUT2D eigenvalue weighted by Gasteiger charge is 2.38. The molecule has 130 valence electrons. The molecule has 1 fully saturated rings. The zero-order chi connectivity index (χ0) is 17.2. The second-order valence-electron chi connectivity index (χ2n) is 6.45. The number of aromatic nitrogens is 1. The Hall–Kier alpha value is -1.47. The number of nitrogens with zero attached hydrogens (tertiary/aromatic N) is 1. The highest BCUT2D eigenvalue weighted by atomic mass is 32.1. The van der Waals surface area contributed by atoms with Crippen LogP contribution in [-0.2, 0) is 4.74 Å². The number of hydrogen-bond donors (Lipinski definition) is 2. The fourth-order valence-electron chi connectivity index (χ4n) is 2.77. The number of methoxy groups -OCH3 is 1. The minimum Gasteiger partial charge on any atom is -0.497 e. The van der Waals surface area contributed by atoms with E-state index in [0.29, 0.717) is 13.2 Å². The van der Waals surface area contributed by atoms with E-state index in [1.165, 1.54) is 4.88 Å². The van der Waals surface area contributed by atoms with Crippen molar-refractivity contribution in [2.45, 2.75) is 19.9 Å². The molecule has 0 spiro atoms. The van der Waals surface area contributed by atoms with Crippen molar-refractivity contribution in [2.75, 3.05) is 33.5 Å². The van der Waals surface area contributed by atoms with Gasteiger partial charge in [-0.2, -0.15) is 0 Å². The SMILES string of the molecule is COc1ccc(-c2nc(C)c(C(C)NCC3(CO)COC3)s2)cc1. The van der Waals surface area contributed by atoms with Crippen LogP contribution in [0.15, 0.2) is 24.3 Å². The average Bonchev–Trinajstić information content (AvgIpc) is 2.96. The Balaban J connectivity index is 1.70. The highest BCUT2D eigenvalue weighted by molar-refractivity contribution is 7.15. The number of nitrogens with one attached hydrogen (secondary N) is 1. The molecule has 5 nitrogen and oxygen atoms in total. The summed E-state index contributed by atoms with van der Waals surface area (Å²) in [4.78, 5) is 5.95. The quantitative estimate of drug-likeness (QED) is 0.806. The van der Waals surface area contributed by atoms with Gasteiger partial charge in [0.1, 0.15) is 10.8 Å². The van der Waals surface area contributed by atoms with Gasteiger partial charge in [-0.05, 0) is 38.1 Å². The topological polar surface area (TPSA) is 63.6 Å². The first-order valence-electron chi connectivity index (χ1n) is 8.11. The molecular weight excluding hydrogens is 324 g/mol. The van der Waals surface area contributed by atoms with Crippen LogP contribution in [0.5, 0.6) is 5.75 Å². The van der Waals surface area contributed by atoms with Crippen molar-refractivity contribution < 1.29 is 14.6 Å². The molecule has 1 saturated heterocycles. The molecule has 2 N–H and O–H groups in total. The van der Waals surface area contributed by atoms with Gasteiger partial charge in [0.2, 0.25) is 0 Å². The summed E-state index contributed by atoms with van der Waals surface area (Å²) >= 11 is 1.71. The lowest BCUT2D eigenvalue weighted by molar-refractivity contribution is -0.135. The predicted molar refractivity (Wildman–Crippen MR) is 95.6 cm³/mol. The third-order valence-corrected chi connectivity index (χ3v) is 5.89. The van der Waals surface area contributed by atoms with Crippen molar-refractivity contribution in [3.8, 4) is 16.3 Å². The van der Waals surface area contributed by atoms with Crippen molar-refractivity contribution in [2.24, 2.45) is 5.41 Å². The molecule has 6 heteroatoms. The second kappa shape index (κ2) is 7.19. The van der Waals surface area contributed by atoms with Gasteiger partial charge in [0.25, 0.3) is 0 Å². The first-order chi connectivity index (χ1) is 11.6. The van der Waals surface area contributed by atoms with Crippen LogP contribution in [-0.4, -0.2) is 43.6 Å². The minimum atomic E-state index is -0.119. The molecule has 2 heterocycles. The fraction of sp³-hybridized carbons (Fsp3) is 0.500. The zero-order valence-corrected chi connectivity index (χ0v) is 15.2. The maximum atomic E-state index is 9.53. The Morgan fingerprint density at radius 3 is 2.62 bits per heavy atom. The molecule has 2 aromatic rings. The van der Waals surface area contributed by atoms with Crippen LogP contribution in [0.2, 0.25) is 0 Å². The number of thiazole rings is 1. The van der Waals surface area contributed by atoms with Crippen molar-refractivity contribution in [1.82, 2.24) is 10.3 Å². The van der Waals surface area contributed by atoms with Crippen molar-refractivity contribution >= 4 is 11.3 Å². The molecule has 1 atom stereocenters. The molecule has 3 rings (SSSR count). The van der Waals surface area contributed by atoms with E-state index in [9.17, 15) is 5.11 Å². The van der Waals surface area contributed by atoms with Gasteiger partial charge in [0.15, 0.2) is 0 Å². The number of hydrogen-bond acceptors (Lipinski definition) is 6. The van der Waals surface area contributed by atoms with E-state index in [-0.39, 0.29) is 18.1 Å². The fourth-order valence-corrected chi connectivity index (χ4v) is 3.87. The summed E-state index contributed by atoms with van der Waals surface area (Å²) in [7, 11) is 1.67. The largest absolute Gasteiger partial charge is 0.497 e. The van der Waals surface area contributed by atoms with Crippen LogP contribution in [0.4, 0.5) is 0 Å². The third-order valence-electron chi connectivity index (χ3n) is 4.50. The van der Waals surface area contributed by atoms with E-state index < -0.39 is 0 Å². The van der Waals surface area contributed by atoms with Crippen molar-refractivity contribution in [1.29, 1.82) is 0 Å². The minimum absolute atomic E-state index is 0.119. The molecule has 1 aromatic heterocycles. The highest BCUT2D eigenvalue weighted by Crippen LogP contribution is 2.33. The van der Waals surface area contributed by atoms with Gasteiger partial charge in [-0.15, -0.1) is 11.3 Å². The van der Waals surface area contributed by atoms with Crippen LogP contribution in [0, 0.1) is 12.3 Å². The lowest BCUT2D eigenvalue weighted by Gasteiger charge is -2.40. The molecule has 1 aliphatic rings. The molecule has 24 heavy (non-hydrogen) atoms. The Morgan fingerprint density at radius 2 is 2.08 bits per heavy atom. The van der Waals surface area contributed by atoms with Crippen LogP contribution < -0.4 is 10.1 Å².